The number of ketones is 2. The Morgan fingerprint density at radius 3 is 2.43 bits per heavy atom. The summed E-state index contributed by atoms with van der Waals surface area (Å²) in [6.07, 6.45) is 6.56. The van der Waals surface area contributed by atoms with Crippen molar-refractivity contribution in [2.24, 2.45) is 5.92 Å². The summed E-state index contributed by atoms with van der Waals surface area (Å²) in [5, 5.41) is 2.88. The lowest BCUT2D eigenvalue weighted by Crippen LogP contribution is -2.27. The molecule has 0 saturated carbocycles. The van der Waals surface area contributed by atoms with Gasteiger partial charge >= 0.3 is 0 Å². The zero-order valence-corrected chi connectivity index (χ0v) is 16.8. The molecule has 1 unspecified atom stereocenters. The summed E-state index contributed by atoms with van der Waals surface area (Å²) >= 11 is 3.43. The molecule has 5 nitrogen and oxygen atoms in total. The summed E-state index contributed by atoms with van der Waals surface area (Å²) in [6.45, 7) is 0. The average molecular weight is 440 g/mol. The van der Waals surface area contributed by atoms with Crippen molar-refractivity contribution < 1.29 is 19.1 Å². The van der Waals surface area contributed by atoms with Crippen molar-refractivity contribution in [1.82, 2.24) is 0 Å². The molecule has 0 bridgehead atoms. The van der Waals surface area contributed by atoms with E-state index in [9.17, 15) is 14.4 Å². The molecule has 0 aliphatic heterocycles. The van der Waals surface area contributed by atoms with Gasteiger partial charge in [0.15, 0.2) is 11.6 Å². The Labute approximate surface area is 170 Å². The molecule has 1 amide bonds. The molecule has 2 aromatic rings. The second-order valence-electron chi connectivity index (χ2n) is 6.84. The third kappa shape index (κ3) is 2.98. The van der Waals surface area contributed by atoms with Crippen molar-refractivity contribution in [2.45, 2.75) is 19.3 Å². The van der Waals surface area contributed by atoms with E-state index in [4.69, 9.17) is 4.74 Å². The Kier molecular flexibility index (Phi) is 4.89. The van der Waals surface area contributed by atoms with Crippen LogP contribution in [0.5, 0.6) is 5.75 Å². The van der Waals surface area contributed by atoms with Gasteiger partial charge < -0.3 is 10.1 Å². The van der Waals surface area contributed by atoms with Gasteiger partial charge in [0.2, 0.25) is 5.91 Å². The fourth-order valence-electron chi connectivity index (χ4n) is 3.76. The maximum atomic E-state index is 13.3. The molecule has 1 N–H and O–H groups in total. The van der Waals surface area contributed by atoms with Crippen molar-refractivity contribution in [2.75, 3.05) is 12.4 Å². The highest BCUT2D eigenvalue weighted by atomic mass is 79.9. The van der Waals surface area contributed by atoms with Gasteiger partial charge in [0.25, 0.3) is 0 Å². The number of benzene rings is 2. The fraction of sp³-hybridized carbons (Fsp3) is 0.227. The van der Waals surface area contributed by atoms with Gasteiger partial charge in [0, 0.05) is 15.6 Å². The summed E-state index contributed by atoms with van der Waals surface area (Å²) in [7, 11) is 1.45. The summed E-state index contributed by atoms with van der Waals surface area (Å²) < 4.78 is 5.87. The molecule has 0 spiro atoms. The van der Waals surface area contributed by atoms with Gasteiger partial charge in [-0.3, -0.25) is 14.4 Å². The van der Waals surface area contributed by atoms with Crippen LogP contribution in [0.25, 0.3) is 0 Å². The smallest absolute Gasteiger partial charge is 0.231 e. The van der Waals surface area contributed by atoms with Crippen LogP contribution in [0.15, 0.2) is 47.0 Å². The predicted octanol–water partition coefficient (Wildman–Crippen LogP) is 4.53. The Bertz CT molecular complexity index is 1040. The van der Waals surface area contributed by atoms with Gasteiger partial charge in [-0.15, -0.1) is 0 Å². The highest BCUT2D eigenvalue weighted by Crippen LogP contribution is 2.42. The minimum atomic E-state index is -0.306. The third-order valence-corrected chi connectivity index (χ3v) is 5.80. The Balaban J connectivity index is 1.86. The van der Waals surface area contributed by atoms with Crippen molar-refractivity contribution in [3.05, 3.63) is 69.2 Å². The highest BCUT2D eigenvalue weighted by molar-refractivity contribution is 9.10. The van der Waals surface area contributed by atoms with E-state index in [-0.39, 0.29) is 34.5 Å². The number of hydrogen-bond acceptors (Lipinski definition) is 4. The number of fused-ring (bicyclic) bond motifs is 2. The maximum absolute atomic E-state index is 13.3. The largest absolute Gasteiger partial charge is 0.496 e. The topological polar surface area (TPSA) is 72.5 Å². The molecule has 142 valence electrons. The highest BCUT2D eigenvalue weighted by Gasteiger charge is 2.36. The number of hydrogen-bond donors (Lipinski definition) is 1. The van der Waals surface area contributed by atoms with Gasteiger partial charge in [-0.25, -0.2) is 0 Å². The maximum Gasteiger partial charge on any atom is 0.231 e. The SMILES string of the molecule is COc1cc(Br)c(NC(=O)C2C=CCCC2)c2c1C(=O)c1ccccc1C2=O. The number of amides is 1. The number of anilines is 1. The van der Waals surface area contributed by atoms with Crippen LogP contribution < -0.4 is 10.1 Å². The number of allylic oxidation sites excluding steroid dienone is 1. The van der Waals surface area contributed by atoms with Crippen LogP contribution in [-0.4, -0.2) is 24.6 Å². The Morgan fingerprint density at radius 2 is 1.82 bits per heavy atom. The first-order valence-corrected chi connectivity index (χ1v) is 9.88. The lowest BCUT2D eigenvalue weighted by atomic mass is 9.82. The van der Waals surface area contributed by atoms with Crippen molar-refractivity contribution >= 4 is 39.1 Å². The van der Waals surface area contributed by atoms with Crippen LogP contribution in [0.4, 0.5) is 5.69 Å². The van der Waals surface area contributed by atoms with Gasteiger partial charge in [0.05, 0.1) is 29.8 Å². The number of ether oxygens (including phenoxy) is 1. The second kappa shape index (κ2) is 7.36. The van der Waals surface area contributed by atoms with Crippen LogP contribution in [-0.2, 0) is 4.79 Å². The monoisotopic (exact) mass is 439 g/mol. The number of carbonyl (C=O) groups excluding carboxylic acids is 3. The molecule has 0 aromatic heterocycles. The molecule has 0 saturated heterocycles. The predicted molar refractivity (Wildman–Crippen MR) is 109 cm³/mol. The molecular weight excluding hydrogens is 422 g/mol. The molecule has 0 radical (unpaired) electrons. The van der Waals surface area contributed by atoms with Crippen LogP contribution in [0.1, 0.15) is 51.1 Å². The second-order valence-corrected chi connectivity index (χ2v) is 7.70. The van der Waals surface area contributed by atoms with E-state index < -0.39 is 0 Å². The molecular formula is C22H18BrNO4. The number of nitrogens with one attached hydrogen (secondary N) is 1. The van der Waals surface area contributed by atoms with Gasteiger partial charge in [-0.2, -0.15) is 0 Å². The van der Waals surface area contributed by atoms with E-state index in [1.165, 1.54) is 7.11 Å². The van der Waals surface area contributed by atoms with E-state index in [1.54, 1.807) is 30.3 Å². The van der Waals surface area contributed by atoms with Crippen LogP contribution in [0.3, 0.4) is 0 Å². The molecule has 2 aromatic carbocycles. The molecule has 28 heavy (non-hydrogen) atoms. The molecule has 4 rings (SSSR count). The standard InChI is InChI=1S/C22H18BrNO4/c1-28-16-11-15(23)19(24-22(27)12-7-3-2-4-8-12)18-17(16)20(25)13-9-5-6-10-14(13)21(18)26/h3,5-7,9-12H,2,4,8H2,1H3,(H,24,27). The summed E-state index contributed by atoms with van der Waals surface area (Å²) in [4.78, 5) is 39.2. The molecule has 2 aliphatic rings. The first kappa shape index (κ1) is 18.6. The summed E-state index contributed by atoms with van der Waals surface area (Å²) in [5.74, 6) is -0.740. The fourth-order valence-corrected chi connectivity index (χ4v) is 4.26. The quantitative estimate of drug-likeness (QED) is 0.608. The third-order valence-electron chi connectivity index (χ3n) is 5.17. The van der Waals surface area contributed by atoms with E-state index in [1.807, 2.05) is 12.2 Å². The van der Waals surface area contributed by atoms with E-state index in [0.717, 1.165) is 19.3 Å². The van der Waals surface area contributed by atoms with Crippen molar-refractivity contribution in [3.63, 3.8) is 0 Å². The minimum Gasteiger partial charge on any atom is -0.496 e. The lowest BCUT2D eigenvalue weighted by Gasteiger charge is -2.24. The zero-order chi connectivity index (χ0) is 19.8. The van der Waals surface area contributed by atoms with Crippen LogP contribution in [0.2, 0.25) is 0 Å². The molecule has 0 fully saturated rings. The van der Waals surface area contributed by atoms with Gasteiger partial charge in [0.1, 0.15) is 5.75 Å². The molecule has 0 heterocycles. The number of halogens is 1. The summed E-state index contributed by atoms with van der Waals surface area (Å²) in [5.41, 5.74) is 1.33. The van der Waals surface area contributed by atoms with E-state index >= 15 is 0 Å². The van der Waals surface area contributed by atoms with Crippen molar-refractivity contribution in [1.29, 1.82) is 0 Å². The van der Waals surface area contributed by atoms with Gasteiger partial charge in [-0.05, 0) is 41.3 Å². The normalized spacial score (nSPS) is 17.7. The Hall–Kier alpha value is -2.73. The number of rotatable bonds is 3. The summed E-state index contributed by atoms with van der Waals surface area (Å²) in [6, 6.07) is 8.31. The lowest BCUT2D eigenvalue weighted by molar-refractivity contribution is -0.118. The average Bonchev–Trinajstić information content (AvgIpc) is 2.73. The zero-order valence-electron chi connectivity index (χ0n) is 15.3. The van der Waals surface area contributed by atoms with Crippen molar-refractivity contribution in [3.8, 4) is 5.75 Å². The molecule has 1 atom stereocenters. The molecule has 2 aliphatic carbocycles. The van der Waals surface area contributed by atoms with E-state index in [2.05, 4.69) is 21.2 Å². The van der Waals surface area contributed by atoms with Crippen LogP contribution >= 0.6 is 15.9 Å². The minimum absolute atomic E-state index is 0.170. The van der Waals surface area contributed by atoms with E-state index in [0.29, 0.717) is 27.0 Å². The molecule has 6 heteroatoms. The van der Waals surface area contributed by atoms with Crippen LogP contribution in [0, 0.1) is 5.92 Å². The number of carbonyl (C=O) groups is 3. The number of methoxy groups -OCH3 is 1. The first-order chi connectivity index (χ1) is 13.5. The first-order valence-electron chi connectivity index (χ1n) is 9.09. The van der Waals surface area contributed by atoms with Gasteiger partial charge in [-0.1, -0.05) is 36.4 Å². The Morgan fingerprint density at radius 1 is 1.14 bits per heavy atom.